The van der Waals surface area contributed by atoms with E-state index in [1.807, 2.05) is 30.5 Å². The first-order valence-electron chi connectivity index (χ1n) is 12.3. The van der Waals surface area contributed by atoms with Gasteiger partial charge in [0.2, 0.25) is 11.9 Å². The van der Waals surface area contributed by atoms with Crippen LogP contribution in [0.15, 0.2) is 40.7 Å². The van der Waals surface area contributed by atoms with Gasteiger partial charge in [-0.15, -0.1) is 0 Å². The zero-order valence-corrected chi connectivity index (χ0v) is 20.9. The van der Waals surface area contributed by atoms with Crippen molar-refractivity contribution in [2.24, 2.45) is 10.3 Å². The summed E-state index contributed by atoms with van der Waals surface area (Å²) in [4.78, 5) is 29.5. The molecule has 1 aromatic carbocycles. The van der Waals surface area contributed by atoms with Gasteiger partial charge in [0.05, 0.1) is 12.8 Å². The highest BCUT2D eigenvalue weighted by Gasteiger charge is 2.12. The molecule has 2 heterocycles. The smallest absolute Gasteiger partial charge is 0.248 e. The molecular formula is C25H38N8O. The number of benzene rings is 1. The Kier molecular flexibility index (Phi) is 12.2. The fourth-order valence-electron chi connectivity index (χ4n) is 3.38. The molecule has 0 unspecified atom stereocenters. The summed E-state index contributed by atoms with van der Waals surface area (Å²) in [7, 11) is 0. The Morgan fingerprint density at radius 1 is 1.03 bits per heavy atom. The van der Waals surface area contributed by atoms with Gasteiger partial charge in [-0.25, -0.2) is 5.43 Å². The second-order valence-electron chi connectivity index (χ2n) is 8.04. The Balaban J connectivity index is 0.00000129. The van der Waals surface area contributed by atoms with Crippen molar-refractivity contribution in [1.82, 2.24) is 19.9 Å². The van der Waals surface area contributed by atoms with Crippen LogP contribution in [0.25, 0.3) is 10.9 Å². The minimum absolute atomic E-state index is 0.315. The largest absolute Gasteiger partial charge is 0.361 e. The lowest BCUT2D eigenvalue weighted by molar-refractivity contribution is 0.686. The highest BCUT2D eigenvalue weighted by atomic mass is 16.3. The molecule has 9 nitrogen and oxygen atoms in total. The number of aryl methyl sites for hydroxylation is 1. The highest BCUT2D eigenvalue weighted by molar-refractivity contribution is 5.99. The number of nitrogens with zero attached hydrogens (tertiary/aromatic N) is 6. The van der Waals surface area contributed by atoms with Crippen LogP contribution in [-0.4, -0.2) is 45.8 Å². The molecule has 34 heavy (non-hydrogen) atoms. The molecule has 0 saturated heterocycles. The van der Waals surface area contributed by atoms with Crippen LogP contribution in [0.5, 0.6) is 0 Å². The van der Waals surface area contributed by atoms with Crippen molar-refractivity contribution in [3.63, 3.8) is 0 Å². The summed E-state index contributed by atoms with van der Waals surface area (Å²) < 4.78 is 0. The fourth-order valence-corrected chi connectivity index (χ4v) is 3.38. The Morgan fingerprint density at radius 2 is 1.76 bits per heavy atom. The third kappa shape index (κ3) is 8.53. The molecule has 184 valence electrons. The van der Waals surface area contributed by atoms with Crippen LogP contribution in [0.3, 0.4) is 0 Å². The number of hydrogen-bond acceptors (Lipinski definition) is 8. The number of hydrazone groups is 1. The molecule has 0 atom stereocenters. The summed E-state index contributed by atoms with van der Waals surface area (Å²) >= 11 is 0. The van der Waals surface area contributed by atoms with E-state index in [1.54, 1.807) is 6.21 Å². The minimum Gasteiger partial charge on any atom is -0.361 e. The van der Waals surface area contributed by atoms with Gasteiger partial charge in [-0.1, -0.05) is 57.5 Å². The van der Waals surface area contributed by atoms with Crippen LogP contribution in [0.4, 0.5) is 11.9 Å². The van der Waals surface area contributed by atoms with E-state index >= 15 is 0 Å². The number of aromatic nitrogens is 4. The number of rotatable bonds is 13. The predicted molar refractivity (Wildman–Crippen MR) is 142 cm³/mol. The topological polar surface area (TPSA) is 112 Å². The molecule has 0 spiro atoms. The van der Waals surface area contributed by atoms with Gasteiger partial charge in [0.25, 0.3) is 0 Å². The molecule has 0 radical (unpaired) electrons. The maximum absolute atomic E-state index is 10.3. The normalized spacial score (nSPS) is 10.8. The monoisotopic (exact) mass is 466 g/mol. The van der Waals surface area contributed by atoms with Gasteiger partial charge in [0.1, 0.15) is 5.82 Å². The molecule has 0 fully saturated rings. The average Bonchev–Trinajstić information content (AvgIpc) is 3.25. The molecule has 0 amide bonds. The van der Waals surface area contributed by atoms with Crippen molar-refractivity contribution >= 4 is 29.0 Å². The Hall–Kier alpha value is -3.36. The quantitative estimate of drug-likeness (QED) is 0.140. The van der Waals surface area contributed by atoms with E-state index in [0.717, 1.165) is 55.2 Å². The van der Waals surface area contributed by atoms with E-state index in [0.29, 0.717) is 30.7 Å². The number of anilines is 2. The first-order chi connectivity index (χ1) is 16.7. The van der Waals surface area contributed by atoms with Crippen molar-refractivity contribution < 1.29 is 0 Å². The summed E-state index contributed by atoms with van der Waals surface area (Å²) in [6, 6.07) is 8.08. The van der Waals surface area contributed by atoms with Gasteiger partial charge in [0.15, 0.2) is 0 Å². The van der Waals surface area contributed by atoms with Gasteiger partial charge < -0.3 is 9.88 Å². The van der Waals surface area contributed by atoms with E-state index in [4.69, 9.17) is 0 Å². The maximum Gasteiger partial charge on any atom is 0.248 e. The molecule has 9 heteroatoms. The summed E-state index contributed by atoms with van der Waals surface area (Å²) in [5, 5.41) is 8.38. The van der Waals surface area contributed by atoms with E-state index in [9.17, 15) is 4.91 Å². The lowest BCUT2D eigenvalue weighted by atomic mass is 10.2. The van der Waals surface area contributed by atoms with Crippen molar-refractivity contribution in [3.05, 3.63) is 46.8 Å². The zero-order valence-electron chi connectivity index (χ0n) is 20.9. The molecule has 2 N–H and O–H groups in total. The fraction of sp³-hybridized carbons (Fsp3) is 0.520. The molecule has 2 aromatic heterocycles. The Morgan fingerprint density at radius 3 is 2.47 bits per heavy atom. The Labute approximate surface area is 202 Å². The van der Waals surface area contributed by atoms with Crippen molar-refractivity contribution in [2.75, 3.05) is 30.0 Å². The molecular weight excluding hydrogens is 428 g/mol. The predicted octanol–water partition coefficient (Wildman–Crippen LogP) is 5.93. The molecule has 3 aromatic rings. The van der Waals surface area contributed by atoms with Crippen LogP contribution in [-0.2, 0) is 6.42 Å². The number of nitroso groups, excluding NO2 is 1. The lowest BCUT2D eigenvalue weighted by Gasteiger charge is -2.22. The van der Waals surface area contributed by atoms with Gasteiger partial charge in [-0.2, -0.15) is 25.0 Å². The molecule has 0 bridgehead atoms. The van der Waals surface area contributed by atoms with E-state index in [1.165, 1.54) is 6.42 Å². The lowest BCUT2D eigenvalue weighted by Crippen LogP contribution is -2.28. The third-order valence-corrected chi connectivity index (χ3v) is 4.83. The summed E-state index contributed by atoms with van der Waals surface area (Å²) in [6.07, 6.45) is 9.13. The summed E-state index contributed by atoms with van der Waals surface area (Å²) in [5.41, 5.74) is 5.01. The van der Waals surface area contributed by atoms with E-state index < -0.39 is 0 Å². The second kappa shape index (κ2) is 15.5. The number of unbranched alkanes of at least 4 members (excludes halogenated alkanes) is 1. The van der Waals surface area contributed by atoms with Gasteiger partial charge in [-0.05, 0) is 31.7 Å². The van der Waals surface area contributed by atoms with Crippen LogP contribution in [0.1, 0.15) is 71.2 Å². The van der Waals surface area contributed by atoms with Gasteiger partial charge in [-0.3, -0.25) is 0 Å². The molecule has 3 rings (SSSR count). The molecule has 0 aliphatic rings. The van der Waals surface area contributed by atoms with E-state index in [2.05, 4.69) is 68.2 Å². The summed E-state index contributed by atoms with van der Waals surface area (Å²) in [6.45, 7) is 10.6. The standard InChI is InChI=1S/C22H30N8O.C3H8/c1-3-13-30(14-4-2)22-27-20(11-7-8-12-25-31)26-21(28-22)29-24-16-17-15-23-19-10-6-5-9-18(17)19;1-3-2/h5-6,9-10,15-16,23H,3-4,7-8,11-14H2,1-2H3,(H,26,27,28,29);3H2,1-2H3/b24-16+;. The highest BCUT2D eigenvalue weighted by Crippen LogP contribution is 2.17. The van der Waals surface area contributed by atoms with Crippen LogP contribution in [0.2, 0.25) is 0 Å². The Bertz CT molecular complexity index is 1010. The molecule has 0 saturated carbocycles. The first-order valence-corrected chi connectivity index (χ1v) is 12.3. The number of aromatic amines is 1. The molecule has 0 aliphatic heterocycles. The van der Waals surface area contributed by atoms with Crippen molar-refractivity contribution in [3.8, 4) is 0 Å². The molecule has 0 aliphatic carbocycles. The van der Waals surface area contributed by atoms with E-state index in [-0.39, 0.29) is 0 Å². The SMILES string of the molecule is CCC.CCCN(CCC)c1nc(CCCCN=O)nc(N/N=C/c2c[nH]c3ccccc23)n1. The first kappa shape index (κ1) is 26.9. The summed E-state index contributed by atoms with van der Waals surface area (Å²) in [5.74, 6) is 1.77. The van der Waals surface area contributed by atoms with Crippen LogP contribution >= 0.6 is 0 Å². The van der Waals surface area contributed by atoms with Crippen molar-refractivity contribution in [1.29, 1.82) is 0 Å². The number of para-hydroxylation sites is 1. The van der Waals surface area contributed by atoms with Gasteiger partial charge >= 0.3 is 0 Å². The van der Waals surface area contributed by atoms with Crippen LogP contribution < -0.4 is 10.3 Å². The number of nitrogens with one attached hydrogen (secondary N) is 2. The minimum atomic E-state index is 0.315. The van der Waals surface area contributed by atoms with Crippen LogP contribution in [0, 0.1) is 4.91 Å². The number of H-pyrrole nitrogens is 1. The average molecular weight is 467 g/mol. The zero-order chi connectivity index (χ0) is 24.6. The number of hydrogen-bond donors (Lipinski definition) is 2. The van der Waals surface area contributed by atoms with Gasteiger partial charge in [0, 0.05) is 42.2 Å². The number of fused-ring (bicyclic) bond motifs is 1. The second-order valence-corrected chi connectivity index (χ2v) is 8.04. The third-order valence-electron chi connectivity index (χ3n) is 4.83. The maximum atomic E-state index is 10.3. The van der Waals surface area contributed by atoms with Crippen molar-refractivity contribution in [2.45, 2.75) is 66.2 Å².